The molecule has 6 heteroatoms. The largest absolute Gasteiger partial charge is 0.493 e. The second-order valence-corrected chi connectivity index (χ2v) is 10.7. The Hall–Kier alpha value is -2.57. The number of hydrogen-bond acceptors (Lipinski definition) is 6. The van der Waals surface area contributed by atoms with Gasteiger partial charge in [0.15, 0.2) is 11.5 Å². The molecule has 0 spiro atoms. The minimum absolute atomic E-state index is 0.126. The van der Waals surface area contributed by atoms with Gasteiger partial charge in [-0.1, -0.05) is 31.0 Å². The summed E-state index contributed by atoms with van der Waals surface area (Å²) in [5.41, 5.74) is 2.57. The van der Waals surface area contributed by atoms with Crippen molar-refractivity contribution >= 4 is 11.5 Å². The number of Topliss-reactive ketones (excluding diaryl/α,β-unsaturated/α-hetero) is 1. The van der Waals surface area contributed by atoms with E-state index >= 15 is 0 Å². The van der Waals surface area contributed by atoms with Gasteiger partial charge in [-0.2, -0.15) is 0 Å². The standard InChI is InChI=1S/C31H45NO5/c1-23(33)22-32-27-10-6-9-25(19-27)8-5-4-7-24-15-17-31(35,18-16-24)21-28(34)13-11-26-12-14-29(36-2)30(20-26)37-3/h6,9-10,12,14,19-20,23-24,32-33,35H,4-5,7-8,11,13,15-18,21-22H2,1-3H3. The number of anilines is 1. The molecule has 0 heterocycles. The molecule has 204 valence electrons. The number of hydrogen-bond donors (Lipinski definition) is 3. The lowest BCUT2D eigenvalue weighted by Gasteiger charge is -2.35. The van der Waals surface area contributed by atoms with Crippen LogP contribution in [-0.4, -0.2) is 48.5 Å². The van der Waals surface area contributed by atoms with Gasteiger partial charge >= 0.3 is 0 Å². The van der Waals surface area contributed by atoms with Crippen LogP contribution >= 0.6 is 0 Å². The lowest BCUT2D eigenvalue weighted by atomic mass is 9.74. The summed E-state index contributed by atoms with van der Waals surface area (Å²) in [6.45, 7) is 2.34. The summed E-state index contributed by atoms with van der Waals surface area (Å²) in [5.74, 6) is 2.11. The number of aliphatic hydroxyl groups is 2. The predicted molar refractivity (Wildman–Crippen MR) is 149 cm³/mol. The molecule has 1 unspecified atom stereocenters. The van der Waals surface area contributed by atoms with Gasteiger partial charge in [0.05, 0.1) is 25.9 Å². The molecule has 0 aliphatic heterocycles. The highest BCUT2D eigenvalue weighted by Gasteiger charge is 2.34. The lowest BCUT2D eigenvalue weighted by molar-refractivity contribution is -0.125. The molecule has 0 bridgehead atoms. The SMILES string of the molecule is COc1ccc(CCC(=O)CC2(O)CCC(CCCCc3cccc(NCC(C)O)c3)CC2)cc1OC. The molecule has 0 aromatic heterocycles. The molecule has 6 nitrogen and oxygen atoms in total. The van der Waals surface area contributed by atoms with E-state index in [-0.39, 0.29) is 18.3 Å². The monoisotopic (exact) mass is 511 g/mol. The van der Waals surface area contributed by atoms with Crippen molar-refractivity contribution in [3.05, 3.63) is 53.6 Å². The molecule has 3 rings (SSSR count). The zero-order valence-corrected chi connectivity index (χ0v) is 22.8. The van der Waals surface area contributed by atoms with Gasteiger partial charge in [0.2, 0.25) is 0 Å². The van der Waals surface area contributed by atoms with Gasteiger partial charge in [-0.15, -0.1) is 0 Å². The van der Waals surface area contributed by atoms with Crippen molar-refractivity contribution in [2.75, 3.05) is 26.1 Å². The number of aryl methyl sites for hydroxylation is 2. The summed E-state index contributed by atoms with van der Waals surface area (Å²) < 4.78 is 10.6. The van der Waals surface area contributed by atoms with Crippen molar-refractivity contribution in [2.24, 2.45) is 5.92 Å². The molecule has 1 atom stereocenters. The maximum Gasteiger partial charge on any atom is 0.160 e. The number of ether oxygens (including phenoxy) is 2. The van der Waals surface area contributed by atoms with Crippen LogP contribution in [0.1, 0.15) is 75.8 Å². The number of ketones is 1. The van der Waals surface area contributed by atoms with Crippen molar-refractivity contribution in [1.29, 1.82) is 0 Å². The molecular weight excluding hydrogens is 466 g/mol. The zero-order chi connectivity index (χ0) is 26.7. The topological polar surface area (TPSA) is 88.0 Å². The van der Waals surface area contributed by atoms with E-state index in [0.717, 1.165) is 49.8 Å². The van der Waals surface area contributed by atoms with Gasteiger partial charge < -0.3 is 25.0 Å². The van der Waals surface area contributed by atoms with Crippen molar-refractivity contribution in [2.45, 2.75) is 89.3 Å². The zero-order valence-electron chi connectivity index (χ0n) is 22.8. The normalized spacial score (nSPS) is 20.3. The summed E-state index contributed by atoms with van der Waals surface area (Å²) >= 11 is 0. The first kappa shape index (κ1) is 29.0. The first-order valence-corrected chi connectivity index (χ1v) is 13.8. The van der Waals surface area contributed by atoms with Crippen LogP contribution in [0.15, 0.2) is 42.5 Å². The molecule has 2 aromatic carbocycles. The van der Waals surface area contributed by atoms with Crippen LogP contribution in [0.2, 0.25) is 0 Å². The summed E-state index contributed by atoms with van der Waals surface area (Å²) in [6.07, 6.45) is 8.95. The lowest BCUT2D eigenvalue weighted by Crippen LogP contribution is -2.36. The Morgan fingerprint density at radius 2 is 1.76 bits per heavy atom. The number of methoxy groups -OCH3 is 2. The van der Waals surface area contributed by atoms with Crippen LogP contribution in [0.25, 0.3) is 0 Å². The molecule has 0 saturated heterocycles. The number of unbranched alkanes of at least 4 members (excludes halogenated alkanes) is 1. The molecule has 2 aromatic rings. The fourth-order valence-electron chi connectivity index (χ4n) is 5.32. The van der Waals surface area contributed by atoms with Crippen molar-refractivity contribution in [1.82, 2.24) is 0 Å². The Balaban J connectivity index is 1.33. The van der Waals surface area contributed by atoms with Crippen LogP contribution in [0.4, 0.5) is 5.69 Å². The van der Waals surface area contributed by atoms with Crippen LogP contribution < -0.4 is 14.8 Å². The van der Waals surface area contributed by atoms with E-state index in [9.17, 15) is 15.0 Å². The molecular formula is C31H45NO5. The molecule has 1 aliphatic rings. The highest BCUT2D eigenvalue weighted by molar-refractivity contribution is 5.79. The fraction of sp³-hybridized carbons (Fsp3) is 0.581. The number of nitrogens with one attached hydrogen (secondary N) is 1. The van der Waals surface area contributed by atoms with E-state index in [1.165, 1.54) is 18.4 Å². The average molecular weight is 512 g/mol. The second kappa shape index (κ2) is 14.4. The van der Waals surface area contributed by atoms with E-state index in [1.54, 1.807) is 21.1 Å². The number of benzene rings is 2. The highest BCUT2D eigenvalue weighted by Crippen LogP contribution is 2.37. The smallest absolute Gasteiger partial charge is 0.160 e. The summed E-state index contributed by atoms with van der Waals surface area (Å²) in [6, 6.07) is 14.2. The third kappa shape index (κ3) is 9.67. The van der Waals surface area contributed by atoms with E-state index in [1.807, 2.05) is 24.3 Å². The summed E-state index contributed by atoms with van der Waals surface area (Å²) in [5, 5.41) is 23.8. The Kier molecular flexibility index (Phi) is 11.3. The predicted octanol–water partition coefficient (Wildman–Crippen LogP) is 5.72. The average Bonchev–Trinajstić information content (AvgIpc) is 2.89. The molecule has 37 heavy (non-hydrogen) atoms. The highest BCUT2D eigenvalue weighted by atomic mass is 16.5. The van der Waals surface area contributed by atoms with Crippen LogP contribution in [0.3, 0.4) is 0 Å². The molecule has 0 radical (unpaired) electrons. The number of rotatable bonds is 15. The van der Waals surface area contributed by atoms with Crippen LogP contribution in [-0.2, 0) is 17.6 Å². The Bertz CT molecular complexity index is 981. The van der Waals surface area contributed by atoms with E-state index < -0.39 is 5.60 Å². The van der Waals surface area contributed by atoms with Gasteiger partial charge in [-0.3, -0.25) is 4.79 Å². The van der Waals surface area contributed by atoms with Gasteiger partial charge in [0.25, 0.3) is 0 Å². The maximum atomic E-state index is 12.7. The maximum absolute atomic E-state index is 12.7. The molecule has 1 aliphatic carbocycles. The first-order chi connectivity index (χ1) is 17.8. The van der Waals surface area contributed by atoms with Gasteiger partial charge in [-0.05, 0) is 93.2 Å². The first-order valence-electron chi connectivity index (χ1n) is 13.8. The minimum Gasteiger partial charge on any atom is -0.493 e. The van der Waals surface area contributed by atoms with Crippen LogP contribution in [0.5, 0.6) is 11.5 Å². The number of carbonyl (C=O) groups is 1. The van der Waals surface area contributed by atoms with Gasteiger partial charge in [-0.25, -0.2) is 0 Å². The van der Waals surface area contributed by atoms with Gasteiger partial charge in [0.1, 0.15) is 5.78 Å². The second-order valence-electron chi connectivity index (χ2n) is 10.7. The molecule has 3 N–H and O–H groups in total. The fourth-order valence-corrected chi connectivity index (χ4v) is 5.32. The Morgan fingerprint density at radius 3 is 2.46 bits per heavy atom. The summed E-state index contributed by atoms with van der Waals surface area (Å²) in [4.78, 5) is 12.7. The number of carbonyl (C=O) groups excluding carboxylic acids is 1. The molecule has 1 saturated carbocycles. The third-order valence-corrected chi connectivity index (χ3v) is 7.56. The molecule has 1 fully saturated rings. The summed E-state index contributed by atoms with van der Waals surface area (Å²) in [7, 11) is 3.22. The molecule has 0 amide bonds. The van der Waals surface area contributed by atoms with Crippen molar-refractivity contribution in [3.63, 3.8) is 0 Å². The van der Waals surface area contributed by atoms with E-state index in [4.69, 9.17) is 9.47 Å². The van der Waals surface area contributed by atoms with E-state index in [0.29, 0.717) is 36.8 Å². The Morgan fingerprint density at radius 1 is 1.03 bits per heavy atom. The quantitative estimate of drug-likeness (QED) is 0.265. The third-order valence-electron chi connectivity index (χ3n) is 7.56. The van der Waals surface area contributed by atoms with Crippen LogP contribution in [0, 0.1) is 5.92 Å². The van der Waals surface area contributed by atoms with Crippen molar-refractivity contribution in [3.8, 4) is 11.5 Å². The number of aliphatic hydroxyl groups excluding tert-OH is 1. The van der Waals surface area contributed by atoms with E-state index in [2.05, 4.69) is 23.5 Å². The van der Waals surface area contributed by atoms with Crippen molar-refractivity contribution < 1.29 is 24.5 Å². The minimum atomic E-state index is -0.843. The Labute approximate surface area is 222 Å². The van der Waals surface area contributed by atoms with Gasteiger partial charge in [0, 0.05) is 25.1 Å².